The van der Waals surface area contributed by atoms with E-state index in [4.69, 9.17) is 15.3 Å². The van der Waals surface area contributed by atoms with Crippen molar-refractivity contribution < 1.29 is 19.1 Å². The molecule has 10 heteroatoms. The normalized spacial score (nSPS) is 11.7. The number of nitrogens with zero attached hydrogens (tertiary/aromatic N) is 4. The number of hydrogen-bond donors (Lipinski definition) is 3. The minimum absolute atomic E-state index is 0.146. The number of carboxylic acids is 1. The number of rotatable bonds is 4. The van der Waals surface area contributed by atoms with Crippen LogP contribution in [0, 0.1) is 19.3 Å². The van der Waals surface area contributed by atoms with Crippen LogP contribution >= 0.6 is 0 Å². The molecule has 2 aromatic heterocycles. The fraction of sp³-hybridized carbons (Fsp3) is 0.393. The number of carboxylic acid groups (broad SMARTS) is 1. The summed E-state index contributed by atoms with van der Waals surface area (Å²) in [4.78, 5) is 28.7. The smallest absolute Gasteiger partial charge is 0.358 e. The zero-order valence-electron chi connectivity index (χ0n) is 23.2. The van der Waals surface area contributed by atoms with E-state index in [-0.39, 0.29) is 17.0 Å². The predicted molar refractivity (Wildman–Crippen MR) is 147 cm³/mol. The summed E-state index contributed by atoms with van der Waals surface area (Å²) >= 11 is 0. The second-order valence-corrected chi connectivity index (χ2v) is 11.4. The number of benzene rings is 2. The number of anilines is 1. The largest absolute Gasteiger partial charge is 0.476 e. The molecule has 0 bridgehead atoms. The van der Waals surface area contributed by atoms with Gasteiger partial charge in [-0.05, 0) is 59.7 Å². The third kappa shape index (κ3) is 6.83. The van der Waals surface area contributed by atoms with Crippen molar-refractivity contribution in [1.82, 2.24) is 20.0 Å². The molecule has 0 aliphatic carbocycles. The zero-order chi connectivity index (χ0) is 28.4. The number of nitrogens with one attached hydrogen (secondary N) is 1. The van der Waals surface area contributed by atoms with Crippen LogP contribution in [-0.4, -0.2) is 43.5 Å². The van der Waals surface area contributed by atoms with Gasteiger partial charge >= 0.3 is 5.97 Å². The molecule has 0 aliphatic rings. The van der Waals surface area contributed by atoms with Gasteiger partial charge in [0.05, 0.1) is 17.6 Å². The quantitative estimate of drug-likeness (QED) is 0.330. The SMILES string of the molecule is CC(C)(C)CN.Cc1nc2cc(C(C)(C)C)cc(NC(=O)c3ccc(C)c(-n4cc(C(=O)O)nn4)c3)c2o1. The number of fused-ring (bicyclic) bond motifs is 1. The Hall–Kier alpha value is -4.05. The van der Waals surface area contributed by atoms with Crippen molar-refractivity contribution in [2.75, 3.05) is 11.9 Å². The third-order valence-electron chi connectivity index (χ3n) is 5.75. The second-order valence-electron chi connectivity index (χ2n) is 11.4. The van der Waals surface area contributed by atoms with Crippen molar-refractivity contribution in [3.8, 4) is 5.69 Å². The van der Waals surface area contributed by atoms with Gasteiger partial charge in [-0.25, -0.2) is 14.5 Å². The number of oxazole rings is 1. The minimum atomic E-state index is -1.17. The minimum Gasteiger partial charge on any atom is -0.476 e. The molecule has 1 amide bonds. The zero-order valence-corrected chi connectivity index (χ0v) is 23.2. The summed E-state index contributed by atoms with van der Waals surface area (Å²) in [6.45, 7) is 17.0. The molecule has 4 aromatic rings. The van der Waals surface area contributed by atoms with Gasteiger partial charge in [0.1, 0.15) is 5.52 Å². The fourth-order valence-electron chi connectivity index (χ4n) is 3.34. The highest BCUT2D eigenvalue weighted by Gasteiger charge is 2.21. The first-order valence-electron chi connectivity index (χ1n) is 12.3. The number of aryl methyl sites for hydroxylation is 2. The number of aromatic carboxylic acids is 1. The van der Waals surface area contributed by atoms with Gasteiger partial charge in [-0.3, -0.25) is 4.79 Å². The Labute approximate surface area is 222 Å². The van der Waals surface area contributed by atoms with Crippen LogP contribution in [0.3, 0.4) is 0 Å². The van der Waals surface area contributed by atoms with E-state index in [1.807, 2.05) is 19.1 Å². The number of carbonyl (C=O) groups is 2. The van der Waals surface area contributed by atoms with Crippen molar-refractivity contribution in [2.45, 2.75) is 60.8 Å². The first kappa shape index (κ1) is 28.5. The van der Waals surface area contributed by atoms with Crippen molar-refractivity contribution >= 4 is 28.7 Å². The van der Waals surface area contributed by atoms with Crippen molar-refractivity contribution in [2.24, 2.45) is 11.1 Å². The molecule has 0 radical (unpaired) electrons. The summed E-state index contributed by atoms with van der Waals surface area (Å²) in [5.74, 6) is -1.00. The van der Waals surface area contributed by atoms with E-state index in [9.17, 15) is 9.59 Å². The van der Waals surface area contributed by atoms with Gasteiger partial charge in [0.2, 0.25) is 0 Å². The highest BCUT2D eigenvalue weighted by molar-refractivity contribution is 6.08. The van der Waals surface area contributed by atoms with Crippen molar-refractivity contribution in [3.63, 3.8) is 0 Å². The Kier molecular flexibility index (Phi) is 8.06. The van der Waals surface area contributed by atoms with E-state index in [0.717, 1.165) is 17.7 Å². The third-order valence-corrected chi connectivity index (χ3v) is 5.75. The lowest BCUT2D eigenvalue weighted by Crippen LogP contribution is -2.18. The van der Waals surface area contributed by atoms with Crippen LogP contribution in [0.4, 0.5) is 5.69 Å². The number of aromatic nitrogens is 4. The maximum absolute atomic E-state index is 13.1. The molecule has 0 unspecified atom stereocenters. The lowest BCUT2D eigenvalue weighted by molar-refractivity contribution is 0.0690. The van der Waals surface area contributed by atoms with Gasteiger partial charge in [0.25, 0.3) is 5.91 Å². The summed E-state index contributed by atoms with van der Waals surface area (Å²) in [7, 11) is 0. The lowest BCUT2D eigenvalue weighted by atomic mass is 9.86. The molecule has 0 aliphatic heterocycles. The number of carbonyl (C=O) groups excluding carboxylic acids is 1. The van der Waals surface area contributed by atoms with E-state index >= 15 is 0 Å². The van der Waals surface area contributed by atoms with Gasteiger partial charge in [-0.1, -0.05) is 52.8 Å². The Morgan fingerprint density at radius 3 is 2.29 bits per heavy atom. The summed E-state index contributed by atoms with van der Waals surface area (Å²) in [6, 6.07) is 8.97. The Morgan fingerprint density at radius 1 is 1.08 bits per heavy atom. The first-order valence-corrected chi connectivity index (χ1v) is 12.3. The maximum Gasteiger partial charge on any atom is 0.358 e. The molecule has 10 nitrogen and oxygen atoms in total. The van der Waals surface area contributed by atoms with E-state index in [1.165, 1.54) is 10.9 Å². The standard InChI is InChI=1S/C23H23N5O4.C5H13N/c1-12-6-7-14(8-19(12)28-11-18(22(30)31)26-27-28)21(29)25-17-10-15(23(3,4)5)9-16-20(17)32-13(2)24-16;1-5(2,3)4-6/h6-11H,1-5H3,(H,25,29)(H,30,31);4,6H2,1-3H3. The molecular formula is C28H36N6O4. The summed E-state index contributed by atoms with van der Waals surface area (Å²) in [5, 5.41) is 19.5. The second kappa shape index (κ2) is 10.7. The van der Waals surface area contributed by atoms with Crippen molar-refractivity contribution in [3.05, 3.63) is 64.8 Å². The Bertz CT molecular complexity index is 1470. The number of nitrogens with two attached hydrogens (primary N) is 1. The predicted octanol–water partition coefficient (Wildman–Crippen LogP) is 5.26. The van der Waals surface area contributed by atoms with Crippen LogP contribution < -0.4 is 11.1 Å². The molecule has 0 fully saturated rings. The Morgan fingerprint density at radius 2 is 1.74 bits per heavy atom. The average Bonchev–Trinajstić information content (AvgIpc) is 3.45. The molecule has 0 spiro atoms. The molecule has 0 saturated carbocycles. The molecule has 2 heterocycles. The highest BCUT2D eigenvalue weighted by atomic mass is 16.4. The molecule has 4 N–H and O–H groups in total. The molecule has 0 saturated heterocycles. The molecule has 202 valence electrons. The van der Waals surface area contributed by atoms with Gasteiger partial charge < -0.3 is 20.6 Å². The van der Waals surface area contributed by atoms with Crippen LogP contribution in [0.1, 0.15) is 79.4 Å². The van der Waals surface area contributed by atoms with Crippen LogP contribution in [0.2, 0.25) is 0 Å². The fourth-order valence-corrected chi connectivity index (χ4v) is 3.34. The number of hydrogen-bond acceptors (Lipinski definition) is 7. The summed E-state index contributed by atoms with van der Waals surface area (Å²) in [6.07, 6.45) is 1.31. The molecule has 4 rings (SSSR count). The molecule has 0 atom stereocenters. The summed E-state index contributed by atoms with van der Waals surface area (Å²) < 4.78 is 7.08. The topological polar surface area (TPSA) is 149 Å². The first-order chi connectivity index (χ1) is 17.6. The van der Waals surface area contributed by atoms with Crippen LogP contribution in [-0.2, 0) is 5.41 Å². The number of amides is 1. The van der Waals surface area contributed by atoms with Gasteiger partial charge in [0, 0.05) is 12.5 Å². The molecular weight excluding hydrogens is 484 g/mol. The molecule has 2 aromatic carbocycles. The van der Waals surface area contributed by atoms with Crippen LogP contribution in [0.15, 0.2) is 40.9 Å². The van der Waals surface area contributed by atoms with Gasteiger partial charge in [-0.15, -0.1) is 5.10 Å². The van der Waals surface area contributed by atoms with E-state index in [0.29, 0.717) is 39.3 Å². The van der Waals surface area contributed by atoms with Gasteiger partial charge in [-0.2, -0.15) is 0 Å². The van der Waals surface area contributed by atoms with E-state index in [1.54, 1.807) is 25.1 Å². The van der Waals surface area contributed by atoms with E-state index in [2.05, 4.69) is 62.2 Å². The van der Waals surface area contributed by atoms with Gasteiger partial charge in [0.15, 0.2) is 17.2 Å². The van der Waals surface area contributed by atoms with Crippen LogP contribution in [0.5, 0.6) is 0 Å². The average molecular weight is 521 g/mol. The Balaban J connectivity index is 0.000000599. The van der Waals surface area contributed by atoms with E-state index < -0.39 is 5.97 Å². The monoisotopic (exact) mass is 520 g/mol. The van der Waals surface area contributed by atoms with Crippen LogP contribution in [0.25, 0.3) is 16.8 Å². The lowest BCUT2D eigenvalue weighted by Gasteiger charge is -2.20. The highest BCUT2D eigenvalue weighted by Crippen LogP contribution is 2.32. The summed E-state index contributed by atoms with van der Waals surface area (Å²) in [5.41, 5.74) is 9.79. The maximum atomic E-state index is 13.1. The van der Waals surface area contributed by atoms with Crippen molar-refractivity contribution in [1.29, 1.82) is 0 Å². The molecule has 38 heavy (non-hydrogen) atoms.